The average molecular weight is 356 g/mol. The molecular weight excluding hydrogens is 337 g/mol. The van der Waals surface area contributed by atoms with Crippen molar-refractivity contribution in [3.05, 3.63) is 78.7 Å². The Labute approximate surface area is 151 Å². The number of benzene rings is 2. The summed E-state index contributed by atoms with van der Waals surface area (Å²) >= 11 is 0. The van der Waals surface area contributed by atoms with Gasteiger partial charge >= 0.3 is 6.03 Å². The maximum Gasteiger partial charge on any atom is 0.312 e. The van der Waals surface area contributed by atoms with Crippen LogP contribution in [-0.2, 0) is 39.1 Å². The zero-order valence-electron chi connectivity index (χ0n) is 12.0. The Kier molecular flexibility index (Phi) is 8.25. The average Bonchev–Trinajstić information content (AvgIpc) is 2.49. The minimum absolute atomic E-state index is 0. The van der Waals surface area contributed by atoms with Crippen molar-refractivity contribution in [2.24, 2.45) is 0 Å². The van der Waals surface area contributed by atoms with Crippen molar-refractivity contribution in [1.29, 1.82) is 0 Å². The molecule has 2 amide bonds. The molecule has 2 N–H and O–H groups in total. The van der Waals surface area contributed by atoms with Crippen LogP contribution in [0.15, 0.2) is 60.7 Å². The Morgan fingerprint density at radius 1 is 1.00 bits per heavy atom. The van der Waals surface area contributed by atoms with Gasteiger partial charge < -0.3 is 17.6 Å². The molecule has 0 aliphatic rings. The fraction of sp³-hybridized carbons (Fsp3) is 0.176. The van der Waals surface area contributed by atoms with Crippen molar-refractivity contribution >= 4 is 6.03 Å². The van der Waals surface area contributed by atoms with Crippen LogP contribution in [0, 0.1) is 6.92 Å². The van der Waals surface area contributed by atoms with Crippen LogP contribution >= 0.6 is 0 Å². The number of nitrogens with one attached hydrogen (secondary N) is 2. The standard InChI is InChI=1S/C17H19N2O.Y/c1-2-18-17(20)19-16(15-11-7-4-8-12-15)13-14-9-5-3-6-10-14;/h3-12,16H,1-2,13H2,(H2,18,19,20);/q-1;. The van der Waals surface area contributed by atoms with E-state index in [2.05, 4.69) is 29.7 Å². The molecule has 1 radical (unpaired) electrons. The first-order valence-electron chi connectivity index (χ1n) is 6.72. The molecule has 21 heavy (non-hydrogen) atoms. The third kappa shape index (κ3) is 5.98. The third-order valence-corrected chi connectivity index (χ3v) is 3.08. The van der Waals surface area contributed by atoms with Crippen molar-refractivity contribution in [1.82, 2.24) is 10.6 Å². The Balaban J connectivity index is 0.00000220. The van der Waals surface area contributed by atoms with Crippen LogP contribution in [0.1, 0.15) is 17.2 Å². The zero-order valence-corrected chi connectivity index (χ0v) is 14.8. The van der Waals surface area contributed by atoms with Crippen LogP contribution in [0.25, 0.3) is 0 Å². The first-order chi connectivity index (χ1) is 9.79. The Bertz CT molecular complexity index is 531. The van der Waals surface area contributed by atoms with Crippen LogP contribution in [0.3, 0.4) is 0 Å². The molecule has 0 bridgehead atoms. The Hall–Kier alpha value is -1.19. The fourth-order valence-electron chi connectivity index (χ4n) is 2.11. The molecule has 0 saturated heterocycles. The van der Waals surface area contributed by atoms with Gasteiger partial charge in [-0.3, -0.25) is 0 Å². The SMILES string of the molecule is [CH2-]CNC(=O)NC(Cc1ccccc1)c1ccccc1.[Y]. The molecule has 0 heterocycles. The predicted octanol–water partition coefficient (Wildman–Crippen LogP) is 3.10. The number of urea groups is 1. The summed E-state index contributed by atoms with van der Waals surface area (Å²) in [7, 11) is 0. The molecule has 2 aromatic rings. The summed E-state index contributed by atoms with van der Waals surface area (Å²) in [5.41, 5.74) is 2.28. The first-order valence-corrected chi connectivity index (χ1v) is 6.72. The normalized spacial score (nSPS) is 11.1. The van der Waals surface area contributed by atoms with Crippen molar-refractivity contribution in [2.45, 2.75) is 12.5 Å². The topological polar surface area (TPSA) is 41.1 Å². The van der Waals surface area contributed by atoms with Gasteiger partial charge in [0.25, 0.3) is 0 Å². The van der Waals surface area contributed by atoms with E-state index in [0.717, 1.165) is 12.0 Å². The minimum Gasteiger partial charge on any atom is -0.368 e. The molecule has 2 rings (SSSR count). The molecule has 0 fully saturated rings. The summed E-state index contributed by atoms with van der Waals surface area (Å²) in [6.45, 7) is 3.99. The number of rotatable bonds is 5. The molecule has 1 atom stereocenters. The molecule has 107 valence electrons. The van der Waals surface area contributed by atoms with Crippen LogP contribution in [0.2, 0.25) is 0 Å². The second kappa shape index (κ2) is 9.70. The molecular formula is C17H19N2OY-. The molecule has 0 spiro atoms. The summed E-state index contributed by atoms with van der Waals surface area (Å²) in [5, 5.41) is 5.66. The van der Waals surface area contributed by atoms with E-state index in [0.29, 0.717) is 6.54 Å². The molecule has 4 heteroatoms. The summed E-state index contributed by atoms with van der Waals surface area (Å²) in [6.07, 6.45) is 0.759. The number of carbonyl (C=O) groups is 1. The van der Waals surface area contributed by atoms with E-state index < -0.39 is 0 Å². The molecule has 0 aromatic heterocycles. The van der Waals surface area contributed by atoms with Gasteiger partial charge in [-0.2, -0.15) is 0 Å². The second-order valence-corrected chi connectivity index (χ2v) is 4.55. The molecule has 0 saturated carbocycles. The van der Waals surface area contributed by atoms with Gasteiger partial charge in [0.1, 0.15) is 0 Å². The van der Waals surface area contributed by atoms with E-state index in [-0.39, 0.29) is 44.8 Å². The summed E-state index contributed by atoms with van der Waals surface area (Å²) in [5.74, 6) is 0. The predicted molar refractivity (Wildman–Crippen MR) is 81.2 cm³/mol. The van der Waals surface area contributed by atoms with Crippen molar-refractivity contribution < 1.29 is 37.5 Å². The van der Waals surface area contributed by atoms with E-state index in [9.17, 15) is 4.79 Å². The van der Waals surface area contributed by atoms with Gasteiger partial charge in [0.2, 0.25) is 0 Å². The monoisotopic (exact) mass is 356 g/mol. The van der Waals surface area contributed by atoms with E-state index in [1.54, 1.807) is 0 Å². The summed E-state index contributed by atoms with van der Waals surface area (Å²) in [6, 6.07) is 19.9. The first kappa shape index (κ1) is 17.9. The molecule has 1 unspecified atom stereocenters. The van der Waals surface area contributed by atoms with Crippen molar-refractivity contribution in [2.75, 3.05) is 6.54 Å². The van der Waals surface area contributed by atoms with E-state index in [1.807, 2.05) is 48.5 Å². The number of carbonyl (C=O) groups excluding carboxylic acids is 1. The minimum atomic E-state index is -0.190. The fourth-order valence-corrected chi connectivity index (χ4v) is 2.11. The van der Waals surface area contributed by atoms with Gasteiger partial charge in [-0.25, -0.2) is 4.79 Å². The Morgan fingerprint density at radius 2 is 1.57 bits per heavy atom. The number of hydrogen-bond acceptors (Lipinski definition) is 1. The second-order valence-electron chi connectivity index (χ2n) is 4.55. The van der Waals surface area contributed by atoms with Gasteiger partial charge in [-0.05, 0) is 17.5 Å². The molecule has 2 aromatic carbocycles. The van der Waals surface area contributed by atoms with Gasteiger partial charge in [-0.1, -0.05) is 60.7 Å². The summed E-state index contributed by atoms with van der Waals surface area (Å²) in [4.78, 5) is 11.8. The Morgan fingerprint density at radius 3 is 2.14 bits per heavy atom. The van der Waals surface area contributed by atoms with Crippen molar-refractivity contribution in [3.63, 3.8) is 0 Å². The van der Waals surface area contributed by atoms with Gasteiger partial charge in [0.05, 0.1) is 6.04 Å². The van der Waals surface area contributed by atoms with E-state index in [1.165, 1.54) is 5.56 Å². The van der Waals surface area contributed by atoms with E-state index >= 15 is 0 Å². The number of amides is 2. The van der Waals surface area contributed by atoms with Gasteiger partial charge in [-0.15, -0.1) is 6.54 Å². The molecule has 3 nitrogen and oxygen atoms in total. The largest absolute Gasteiger partial charge is 0.368 e. The van der Waals surface area contributed by atoms with Gasteiger partial charge in [0.15, 0.2) is 0 Å². The zero-order chi connectivity index (χ0) is 14.2. The third-order valence-electron chi connectivity index (χ3n) is 3.08. The quantitative estimate of drug-likeness (QED) is 0.795. The van der Waals surface area contributed by atoms with Gasteiger partial charge in [0, 0.05) is 32.7 Å². The maximum absolute atomic E-state index is 11.8. The van der Waals surface area contributed by atoms with E-state index in [4.69, 9.17) is 0 Å². The molecule has 0 aliphatic heterocycles. The smallest absolute Gasteiger partial charge is 0.312 e. The van der Waals surface area contributed by atoms with Crippen LogP contribution in [-0.4, -0.2) is 12.6 Å². The van der Waals surface area contributed by atoms with Crippen LogP contribution in [0.5, 0.6) is 0 Å². The maximum atomic E-state index is 11.8. The number of hydrogen-bond donors (Lipinski definition) is 2. The molecule has 0 aliphatic carbocycles. The van der Waals surface area contributed by atoms with Crippen molar-refractivity contribution in [3.8, 4) is 0 Å². The summed E-state index contributed by atoms with van der Waals surface area (Å²) < 4.78 is 0. The van der Waals surface area contributed by atoms with Crippen LogP contribution < -0.4 is 10.6 Å². The van der Waals surface area contributed by atoms with Crippen LogP contribution in [0.4, 0.5) is 4.79 Å².